The van der Waals surface area contributed by atoms with Crippen LogP contribution in [0.1, 0.15) is 57.2 Å². The lowest BCUT2D eigenvalue weighted by Gasteiger charge is -2.13. The van der Waals surface area contributed by atoms with E-state index in [1.807, 2.05) is 6.92 Å². The van der Waals surface area contributed by atoms with Crippen LogP contribution in [-0.4, -0.2) is 27.8 Å². The zero-order chi connectivity index (χ0) is 13.9. The molecule has 0 aliphatic heterocycles. The SMILES string of the molecule is CC(NCc1ccn(C2CCCC2)n1)C(=O)NC1CC1. The number of nitrogens with zero attached hydrogens (tertiary/aromatic N) is 2. The van der Waals surface area contributed by atoms with Crippen LogP contribution < -0.4 is 10.6 Å². The maximum atomic E-state index is 11.8. The van der Waals surface area contributed by atoms with E-state index in [1.54, 1.807) is 0 Å². The number of hydrogen-bond donors (Lipinski definition) is 2. The van der Waals surface area contributed by atoms with E-state index in [0.29, 0.717) is 18.6 Å². The molecule has 20 heavy (non-hydrogen) atoms. The van der Waals surface area contributed by atoms with Gasteiger partial charge in [0.15, 0.2) is 0 Å². The van der Waals surface area contributed by atoms with E-state index in [0.717, 1.165) is 18.5 Å². The number of aromatic nitrogens is 2. The number of hydrogen-bond acceptors (Lipinski definition) is 3. The molecule has 1 amide bonds. The summed E-state index contributed by atoms with van der Waals surface area (Å²) in [6.07, 6.45) is 9.45. The van der Waals surface area contributed by atoms with Gasteiger partial charge < -0.3 is 10.6 Å². The van der Waals surface area contributed by atoms with E-state index in [2.05, 4.69) is 32.7 Å². The molecule has 0 radical (unpaired) electrons. The number of carbonyl (C=O) groups excluding carboxylic acids is 1. The monoisotopic (exact) mass is 276 g/mol. The smallest absolute Gasteiger partial charge is 0.237 e. The Morgan fingerprint density at radius 2 is 2.15 bits per heavy atom. The maximum absolute atomic E-state index is 11.8. The predicted octanol–water partition coefficient (Wildman–Crippen LogP) is 1.75. The fourth-order valence-electron chi connectivity index (χ4n) is 2.75. The van der Waals surface area contributed by atoms with Crippen molar-refractivity contribution >= 4 is 5.91 Å². The summed E-state index contributed by atoms with van der Waals surface area (Å²) in [5.74, 6) is 0.0997. The minimum Gasteiger partial charge on any atom is -0.352 e. The van der Waals surface area contributed by atoms with Gasteiger partial charge in [-0.1, -0.05) is 12.8 Å². The summed E-state index contributed by atoms with van der Waals surface area (Å²) >= 11 is 0. The van der Waals surface area contributed by atoms with Crippen LogP contribution in [0.2, 0.25) is 0 Å². The predicted molar refractivity (Wildman–Crippen MR) is 77.2 cm³/mol. The Kier molecular flexibility index (Phi) is 4.05. The van der Waals surface area contributed by atoms with Crippen LogP contribution in [0.15, 0.2) is 12.3 Å². The zero-order valence-electron chi connectivity index (χ0n) is 12.1. The third-order valence-corrected chi connectivity index (χ3v) is 4.27. The second-order valence-electron chi connectivity index (χ2n) is 6.11. The highest BCUT2D eigenvalue weighted by molar-refractivity contribution is 5.81. The van der Waals surface area contributed by atoms with Crippen LogP contribution in [-0.2, 0) is 11.3 Å². The van der Waals surface area contributed by atoms with Crippen LogP contribution in [0, 0.1) is 0 Å². The summed E-state index contributed by atoms with van der Waals surface area (Å²) in [6.45, 7) is 2.56. The molecule has 2 saturated carbocycles. The van der Waals surface area contributed by atoms with Crippen molar-refractivity contribution in [3.8, 4) is 0 Å². The summed E-state index contributed by atoms with van der Waals surface area (Å²) in [4.78, 5) is 11.8. The molecule has 0 aromatic carbocycles. The van der Waals surface area contributed by atoms with Gasteiger partial charge in [-0.15, -0.1) is 0 Å². The van der Waals surface area contributed by atoms with Crippen molar-refractivity contribution in [3.63, 3.8) is 0 Å². The van der Waals surface area contributed by atoms with Crippen LogP contribution in [0.25, 0.3) is 0 Å². The minimum absolute atomic E-state index is 0.0997. The molecule has 110 valence electrons. The summed E-state index contributed by atoms with van der Waals surface area (Å²) < 4.78 is 2.10. The molecule has 2 N–H and O–H groups in total. The van der Waals surface area contributed by atoms with Gasteiger partial charge in [0.1, 0.15) is 0 Å². The van der Waals surface area contributed by atoms with E-state index in [-0.39, 0.29) is 11.9 Å². The standard InChI is InChI=1S/C15H24N4O/c1-11(15(20)17-12-6-7-12)16-10-13-8-9-19(18-13)14-4-2-3-5-14/h8-9,11-12,14,16H,2-7,10H2,1H3,(H,17,20). The molecule has 1 aromatic rings. The van der Waals surface area contributed by atoms with Gasteiger partial charge in [0.25, 0.3) is 0 Å². The lowest BCUT2D eigenvalue weighted by molar-refractivity contribution is -0.122. The third kappa shape index (κ3) is 3.39. The molecule has 0 spiro atoms. The molecule has 1 unspecified atom stereocenters. The summed E-state index contributed by atoms with van der Waals surface area (Å²) in [7, 11) is 0. The number of amides is 1. The first-order valence-corrected chi connectivity index (χ1v) is 7.80. The average molecular weight is 276 g/mol. The van der Waals surface area contributed by atoms with E-state index in [4.69, 9.17) is 0 Å². The Morgan fingerprint density at radius 1 is 1.40 bits per heavy atom. The lowest BCUT2D eigenvalue weighted by Crippen LogP contribution is -2.42. The summed E-state index contributed by atoms with van der Waals surface area (Å²) in [5, 5.41) is 10.9. The Morgan fingerprint density at radius 3 is 2.85 bits per heavy atom. The van der Waals surface area contributed by atoms with Gasteiger partial charge in [-0.2, -0.15) is 5.10 Å². The van der Waals surface area contributed by atoms with Gasteiger partial charge >= 0.3 is 0 Å². The van der Waals surface area contributed by atoms with Crippen molar-refractivity contribution in [2.45, 2.75) is 70.1 Å². The molecule has 2 aliphatic carbocycles. The van der Waals surface area contributed by atoms with Crippen LogP contribution >= 0.6 is 0 Å². The summed E-state index contributed by atoms with van der Waals surface area (Å²) in [6, 6.07) is 2.90. The molecule has 1 atom stereocenters. The van der Waals surface area contributed by atoms with Gasteiger partial charge in [0.05, 0.1) is 17.8 Å². The molecule has 3 rings (SSSR count). The van der Waals surface area contributed by atoms with Crippen LogP contribution in [0.4, 0.5) is 0 Å². The molecule has 1 heterocycles. The van der Waals surface area contributed by atoms with Crippen molar-refractivity contribution in [2.75, 3.05) is 0 Å². The lowest BCUT2D eigenvalue weighted by atomic mass is 10.3. The van der Waals surface area contributed by atoms with Crippen LogP contribution in [0.3, 0.4) is 0 Å². The Labute approximate surface area is 120 Å². The minimum atomic E-state index is -0.160. The topological polar surface area (TPSA) is 59.0 Å². The molecule has 5 nitrogen and oxygen atoms in total. The van der Waals surface area contributed by atoms with E-state index < -0.39 is 0 Å². The molecule has 0 saturated heterocycles. The maximum Gasteiger partial charge on any atom is 0.237 e. The van der Waals surface area contributed by atoms with Crippen LogP contribution in [0.5, 0.6) is 0 Å². The first-order valence-electron chi connectivity index (χ1n) is 7.80. The van der Waals surface area contributed by atoms with Gasteiger partial charge in [0.2, 0.25) is 5.91 Å². The van der Waals surface area contributed by atoms with Crippen molar-refractivity contribution in [1.29, 1.82) is 0 Å². The normalized spacial score (nSPS) is 21.1. The number of carbonyl (C=O) groups is 1. The fourth-order valence-corrected chi connectivity index (χ4v) is 2.75. The zero-order valence-corrected chi connectivity index (χ0v) is 12.1. The molecule has 2 aliphatic rings. The number of rotatable bonds is 6. The highest BCUT2D eigenvalue weighted by Gasteiger charge is 2.25. The highest BCUT2D eigenvalue weighted by atomic mass is 16.2. The molecule has 1 aromatic heterocycles. The van der Waals surface area contributed by atoms with Gasteiger partial charge in [-0.25, -0.2) is 0 Å². The van der Waals surface area contributed by atoms with E-state index >= 15 is 0 Å². The Hall–Kier alpha value is -1.36. The first kappa shape index (κ1) is 13.6. The molecular weight excluding hydrogens is 252 g/mol. The van der Waals surface area contributed by atoms with E-state index in [1.165, 1.54) is 25.7 Å². The van der Waals surface area contributed by atoms with Crippen molar-refractivity contribution in [3.05, 3.63) is 18.0 Å². The molecule has 5 heteroatoms. The second-order valence-corrected chi connectivity index (χ2v) is 6.11. The molecule has 2 fully saturated rings. The highest BCUT2D eigenvalue weighted by Crippen LogP contribution is 2.28. The number of nitrogens with one attached hydrogen (secondary N) is 2. The third-order valence-electron chi connectivity index (χ3n) is 4.27. The van der Waals surface area contributed by atoms with E-state index in [9.17, 15) is 4.79 Å². The quantitative estimate of drug-likeness (QED) is 0.832. The van der Waals surface area contributed by atoms with Crippen molar-refractivity contribution in [2.24, 2.45) is 0 Å². The second kappa shape index (κ2) is 5.95. The average Bonchev–Trinajstić information content (AvgIpc) is 2.97. The first-order chi connectivity index (χ1) is 9.72. The van der Waals surface area contributed by atoms with Gasteiger partial charge in [-0.05, 0) is 38.7 Å². The molecular formula is C15H24N4O. The molecule has 0 bridgehead atoms. The Bertz CT molecular complexity index is 460. The van der Waals surface area contributed by atoms with Crippen molar-refractivity contribution in [1.82, 2.24) is 20.4 Å². The van der Waals surface area contributed by atoms with Crippen molar-refractivity contribution < 1.29 is 4.79 Å². The Balaban J connectivity index is 1.46. The van der Waals surface area contributed by atoms with Gasteiger partial charge in [0, 0.05) is 18.8 Å². The fraction of sp³-hybridized carbons (Fsp3) is 0.733. The largest absolute Gasteiger partial charge is 0.352 e. The summed E-state index contributed by atoms with van der Waals surface area (Å²) in [5.41, 5.74) is 1.02. The van der Waals surface area contributed by atoms with Gasteiger partial charge in [-0.3, -0.25) is 9.48 Å².